The van der Waals surface area contributed by atoms with Gasteiger partial charge in [-0.15, -0.1) is 0 Å². The summed E-state index contributed by atoms with van der Waals surface area (Å²) in [5.41, 5.74) is 5.25. The summed E-state index contributed by atoms with van der Waals surface area (Å²) in [6.45, 7) is 4.72. The predicted molar refractivity (Wildman–Crippen MR) is 82.4 cm³/mol. The molecule has 0 radical (unpaired) electrons. The lowest BCUT2D eigenvalue weighted by Gasteiger charge is -2.37. The molecule has 2 aliphatic rings. The normalized spacial score (nSPS) is 23.8. The van der Waals surface area contributed by atoms with E-state index in [1.165, 1.54) is 32.1 Å². The number of primary amides is 1. The molecule has 1 atom stereocenters. The van der Waals surface area contributed by atoms with E-state index in [9.17, 15) is 4.79 Å². The minimum absolute atomic E-state index is 0.169. The molecule has 3 N–H and O–H groups in total. The molecular weight excluding hydrogens is 250 g/mol. The molecular formula is C16H31N3O. The highest BCUT2D eigenvalue weighted by Gasteiger charge is 2.49. The number of hydrogen-bond acceptors (Lipinski definition) is 3. The van der Waals surface area contributed by atoms with E-state index in [1.807, 2.05) is 0 Å². The third kappa shape index (κ3) is 3.73. The van der Waals surface area contributed by atoms with Crippen molar-refractivity contribution in [3.8, 4) is 0 Å². The molecule has 2 rings (SSSR count). The Morgan fingerprint density at radius 1 is 1.25 bits per heavy atom. The molecule has 0 aromatic rings. The van der Waals surface area contributed by atoms with Gasteiger partial charge in [-0.25, -0.2) is 0 Å². The average Bonchev–Trinajstić information content (AvgIpc) is 3.23. The van der Waals surface area contributed by atoms with Crippen LogP contribution in [0.5, 0.6) is 0 Å². The van der Waals surface area contributed by atoms with Crippen molar-refractivity contribution in [1.29, 1.82) is 0 Å². The zero-order chi connectivity index (χ0) is 14.6. The molecule has 1 amide bonds. The standard InChI is InChI=1S/C16H31N3O/c1-3-18-16(15(17)20,14-9-10-14)12-19(2)11-13-7-5-4-6-8-13/h13-14,18H,3-12H2,1-2H3,(H2,17,20). The van der Waals surface area contributed by atoms with Crippen molar-refractivity contribution in [2.24, 2.45) is 17.6 Å². The summed E-state index contributed by atoms with van der Waals surface area (Å²) in [5, 5.41) is 3.41. The first-order valence-corrected chi connectivity index (χ1v) is 8.32. The number of amides is 1. The second-order valence-corrected chi connectivity index (χ2v) is 6.84. The molecule has 0 spiro atoms. The Bertz CT molecular complexity index is 324. The number of nitrogens with two attached hydrogens (primary N) is 1. The molecule has 4 nitrogen and oxygen atoms in total. The minimum Gasteiger partial charge on any atom is -0.368 e. The highest BCUT2D eigenvalue weighted by molar-refractivity contribution is 5.86. The first-order chi connectivity index (χ1) is 9.58. The molecule has 2 aliphatic carbocycles. The number of rotatable bonds is 8. The zero-order valence-electron chi connectivity index (χ0n) is 13.2. The Labute approximate surface area is 123 Å². The van der Waals surface area contributed by atoms with Gasteiger partial charge in [-0.2, -0.15) is 0 Å². The van der Waals surface area contributed by atoms with Crippen LogP contribution in [0.4, 0.5) is 0 Å². The van der Waals surface area contributed by atoms with E-state index >= 15 is 0 Å². The van der Waals surface area contributed by atoms with Gasteiger partial charge in [-0.05, 0) is 51.1 Å². The molecule has 0 aromatic heterocycles. The molecule has 1 unspecified atom stereocenters. The largest absolute Gasteiger partial charge is 0.368 e. The Kier molecular flexibility index (Phi) is 5.44. The Balaban J connectivity index is 1.93. The van der Waals surface area contributed by atoms with Crippen LogP contribution in [0.2, 0.25) is 0 Å². The molecule has 0 aliphatic heterocycles. The van der Waals surface area contributed by atoms with Gasteiger partial charge in [0.05, 0.1) is 0 Å². The van der Waals surface area contributed by atoms with Gasteiger partial charge >= 0.3 is 0 Å². The zero-order valence-corrected chi connectivity index (χ0v) is 13.2. The third-order valence-electron chi connectivity index (χ3n) is 5.02. The summed E-state index contributed by atoms with van der Waals surface area (Å²) in [6, 6.07) is 0. The van der Waals surface area contributed by atoms with Gasteiger partial charge in [0.1, 0.15) is 5.54 Å². The Hall–Kier alpha value is -0.610. The average molecular weight is 281 g/mol. The topological polar surface area (TPSA) is 58.4 Å². The van der Waals surface area contributed by atoms with Crippen molar-refractivity contribution in [2.75, 3.05) is 26.7 Å². The van der Waals surface area contributed by atoms with Crippen LogP contribution in [0, 0.1) is 11.8 Å². The number of carbonyl (C=O) groups excluding carboxylic acids is 1. The maximum absolute atomic E-state index is 12.1. The second kappa shape index (κ2) is 6.90. The number of hydrogen-bond donors (Lipinski definition) is 2. The molecule has 4 heteroatoms. The van der Waals surface area contributed by atoms with Crippen LogP contribution in [-0.4, -0.2) is 43.0 Å². The first kappa shape index (κ1) is 15.8. The lowest BCUT2D eigenvalue weighted by Crippen LogP contribution is -2.63. The van der Waals surface area contributed by atoms with E-state index in [0.29, 0.717) is 5.92 Å². The molecule has 0 heterocycles. The van der Waals surface area contributed by atoms with Crippen molar-refractivity contribution in [3.05, 3.63) is 0 Å². The van der Waals surface area contributed by atoms with Crippen LogP contribution in [0.25, 0.3) is 0 Å². The van der Waals surface area contributed by atoms with E-state index in [1.54, 1.807) is 0 Å². The molecule has 2 fully saturated rings. The Morgan fingerprint density at radius 3 is 2.40 bits per heavy atom. The second-order valence-electron chi connectivity index (χ2n) is 6.84. The summed E-state index contributed by atoms with van der Waals surface area (Å²) in [4.78, 5) is 14.4. The lowest BCUT2D eigenvalue weighted by molar-refractivity contribution is -0.126. The third-order valence-corrected chi connectivity index (χ3v) is 5.02. The predicted octanol–water partition coefficient (Wildman–Crippen LogP) is 1.74. The molecule has 20 heavy (non-hydrogen) atoms. The fraction of sp³-hybridized carbons (Fsp3) is 0.938. The first-order valence-electron chi connectivity index (χ1n) is 8.32. The van der Waals surface area contributed by atoms with Crippen molar-refractivity contribution in [1.82, 2.24) is 10.2 Å². The molecule has 0 saturated heterocycles. The van der Waals surface area contributed by atoms with E-state index in [0.717, 1.165) is 38.4 Å². The van der Waals surface area contributed by atoms with E-state index in [4.69, 9.17) is 5.73 Å². The fourth-order valence-corrected chi connectivity index (χ4v) is 3.89. The summed E-state index contributed by atoms with van der Waals surface area (Å²) in [5.74, 6) is 1.08. The van der Waals surface area contributed by atoms with Crippen LogP contribution in [-0.2, 0) is 4.79 Å². The van der Waals surface area contributed by atoms with Crippen molar-refractivity contribution in [3.63, 3.8) is 0 Å². The Morgan fingerprint density at radius 2 is 1.90 bits per heavy atom. The molecule has 0 bridgehead atoms. The van der Waals surface area contributed by atoms with Crippen LogP contribution in [0.15, 0.2) is 0 Å². The van der Waals surface area contributed by atoms with Crippen LogP contribution in [0.1, 0.15) is 51.9 Å². The van der Waals surface area contributed by atoms with Gasteiger partial charge in [-0.1, -0.05) is 26.2 Å². The highest BCUT2D eigenvalue weighted by Crippen LogP contribution is 2.40. The van der Waals surface area contributed by atoms with E-state index < -0.39 is 5.54 Å². The summed E-state index contributed by atoms with van der Waals surface area (Å²) < 4.78 is 0. The van der Waals surface area contributed by atoms with Crippen LogP contribution < -0.4 is 11.1 Å². The summed E-state index contributed by atoms with van der Waals surface area (Å²) >= 11 is 0. The van der Waals surface area contributed by atoms with Gasteiger partial charge in [0.15, 0.2) is 0 Å². The number of nitrogens with one attached hydrogen (secondary N) is 1. The quantitative estimate of drug-likeness (QED) is 0.712. The number of nitrogens with zero attached hydrogens (tertiary/aromatic N) is 1. The fourth-order valence-electron chi connectivity index (χ4n) is 3.89. The maximum atomic E-state index is 12.1. The molecule has 116 valence electrons. The molecule has 2 saturated carbocycles. The van der Waals surface area contributed by atoms with Gasteiger partial charge in [0.2, 0.25) is 5.91 Å². The van der Waals surface area contributed by atoms with E-state index in [-0.39, 0.29) is 5.91 Å². The highest BCUT2D eigenvalue weighted by atomic mass is 16.1. The van der Waals surface area contributed by atoms with E-state index in [2.05, 4.69) is 24.2 Å². The van der Waals surface area contributed by atoms with Gasteiger partial charge in [0, 0.05) is 13.1 Å². The number of likely N-dealkylation sites (N-methyl/N-ethyl adjacent to an activating group) is 2. The van der Waals surface area contributed by atoms with Crippen LogP contribution in [0.3, 0.4) is 0 Å². The lowest BCUT2D eigenvalue weighted by atomic mass is 9.87. The molecule has 0 aromatic carbocycles. The number of carbonyl (C=O) groups is 1. The maximum Gasteiger partial charge on any atom is 0.239 e. The van der Waals surface area contributed by atoms with Crippen molar-refractivity contribution in [2.45, 2.75) is 57.4 Å². The summed E-state index contributed by atoms with van der Waals surface area (Å²) in [6.07, 6.45) is 9.09. The smallest absolute Gasteiger partial charge is 0.239 e. The summed E-state index contributed by atoms with van der Waals surface area (Å²) in [7, 11) is 2.14. The minimum atomic E-state index is -0.502. The van der Waals surface area contributed by atoms with Gasteiger partial charge in [-0.3, -0.25) is 4.79 Å². The van der Waals surface area contributed by atoms with Gasteiger partial charge < -0.3 is 16.0 Å². The van der Waals surface area contributed by atoms with Crippen molar-refractivity contribution < 1.29 is 4.79 Å². The van der Waals surface area contributed by atoms with Crippen molar-refractivity contribution >= 4 is 5.91 Å². The monoisotopic (exact) mass is 281 g/mol. The van der Waals surface area contributed by atoms with Crippen LogP contribution >= 0.6 is 0 Å². The van der Waals surface area contributed by atoms with Gasteiger partial charge in [0.25, 0.3) is 0 Å². The SMILES string of the molecule is CCNC(CN(C)CC1CCCCC1)(C(N)=O)C1CC1.